The van der Waals surface area contributed by atoms with Crippen molar-refractivity contribution in [1.82, 2.24) is 0 Å². The summed E-state index contributed by atoms with van der Waals surface area (Å²) in [4.78, 5) is 11.1. The van der Waals surface area contributed by atoms with Gasteiger partial charge in [-0.1, -0.05) is 24.3 Å². The zero-order chi connectivity index (χ0) is 11.0. The Morgan fingerprint density at radius 1 is 1.33 bits per heavy atom. The molecule has 2 rings (SSSR count). The molecule has 0 bridgehead atoms. The Morgan fingerprint density at radius 2 is 2.00 bits per heavy atom. The maximum absolute atomic E-state index is 11.1. The highest BCUT2D eigenvalue weighted by molar-refractivity contribution is 6.06. The van der Waals surface area contributed by atoms with Gasteiger partial charge in [0.05, 0.1) is 5.56 Å². The average molecular weight is 201 g/mol. The number of carboxylic acids is 1. The number of hydrogen-bond donors (Lipinski definition) is 2. The molecule has 0 heterocycles. The molecule has 0 unspecified atom stereocenters. The van der Waals surface area contributed by atoms with Crippen LogP contribution in [0.4, 0.5) is 5.69 Å². The third-order valence-corrected chi connectivity index (χ3v) is 2.56. The van der Waals surface area contributed by atoms with Crippen molar-refractivity contribution in [2.45, 2.75) is 6.92 Å². The number of aromatic carboxylic acids is 1. The van der Waals surface area contributed by atoms with Crippen LogP contribution in [0.25, 0.3) is 10.8 Å². The Morgan fingerprint density at radius 3 is 2.67 bits per heavy atom. The van der Waals surface area contributed by atoms with Crippen LogP contribution in [0.2, 0.25) is 0 Å². The first-order valence-electron chi connectivity index (χ1n) is 4.62. The van der Waals surface area contributed by atoms with Crippen LogP contribution in [-0.4, -0.2) is 11.1 Å². The fourth-order valence-corrected chi connectivity index (χ4v) is 1.75. The lowest BCUT2D eigenvalue weighted by Crippen LogP contribution is -2.04. The minimum Gasteiger partial charge on any atom is -0.478 e. The maximum atomic E-state index is 11.1. The number of rotatable bonds is 1. The summed E-state index contributed by atoms with van der Waals surface area (Å²) in [5.74, 6) is -0.934. The Bertz CT molecular complexity index is 547. The van der Waals surface area contributed by atoms with Crippen LogP contribution in [0.3, 0.4) is 0 Å². The molecule has 3 heteroatoms. The molecule has 0 atom stereocenters. The number of benzene rings is 2. The van der Waals surface area contributed by atoms with Crippen molar-refractivity contribution >= 4 is 22.4 Å². The summed E-state index contributed by atoms with van der Waals surface area (Å²) in [6, 6.07) is 9.15. The summed E-state index contributed by atoms with van der Waals surface area (Å²) in [6.07, 6.45) is 0. The van der Waals surface area contributed by atoms with Crippen molar-refractivity contribution in [2.24, 2.45) is 0 Å². The first-order valence-corrected chi connectivity index (χ1v) is 4.62. The molecule has 2 aromatic rings. The standard InChI is InChI=1S/C12H11NO2/c1-7-10(13)6-8-4-2-3-5-9(8)11(7)12(14)15/h2-6H,13H2,1H3,(H,14,15). The molecule has 0 radical (unpaired) electrons. The maximum Gasteiger partial charge on any atom is 0.336 e. The largest absolute Gasteiger partial charge is 0.478 e. The van der Waals surface area contributed by atoms with E-state index in [0.29, 0.717) is 16.8 Å². The van der Waals surface area contributed by atoms with Gasteiger partial charge in [0.25, 0.3) is 0 Å². The second-order valence-electron chi connectivity index (χ2n) is 3.49. The fourth-order valence-electron chi connectivity index (χ4n) is 1.75. The molecule has 0 saturated heterocycles. The molecule has 3 nitrogen and oxygen atoms in total. The summed E-state index contributed by atoms with van der Waals surface area (Å²) in [7, 11) is 0. The average Bonchev–Trinajstić information content (AvgIpc) is 2.19. The van der Waals surface area contributed by atoms with E-state index < -0.39 is 5.97 Å². The molecule has 2 aromatic carbocycles. The first-order chi connectivity index (χ1) is 7.11. The molecule has 0 aliphatic rings. The Hall–Kier alpha value is -2.03. The van der Waals surface area contributed by atoms with Crippen LogP contribution in [0.1, 0.15) is 15.9 Å². The van der Waals surface area contributed by atoms with Gasteiger partial charge in [0.1, 0.15) is 0 Å². The molecule has 0 aliphatic carbocycles. The van der Waals surface area contributed by atoms with Crippen LogP contribution >= 0.6 is 0 Å². The highest BCUT2D eigenvalue weighted by atomic mass is 16.4. The van der Waals surface area contributed by atoms with Crippen molar-refractivity contribution in [3.8, 4) is 0 Å². The second-order valence-corrected chi connectivity index (χ2v) is 3.49. The lowest BCUT2D eigenvalue weighted by molar-refractivity contribution is 0.0698. The molecule has 0 aromatic heterocycles. The Labute approximate surface area is 87.1 Å². The quantitative estimate of drug-likeness (QED) is 0.696. The predicted molar refractivity (Wildman–Crippen MR) is 60.1 cm³/mol. The van der Waals surface area contributed by atoms with E-state index in [9.17, 15) is 4.79 Å². The van der Waals surface area contributed by atoms with Crippen molar-refractivity contribution in [3.05, 3.63) is 41.5 Å². The number of fused-ring (bicyclic) bond motifs is 1. The van der Waals surface area contributed by atoms with Crippen molar-refractivity contribution in [3.63, 3.8) is 0 Å². The number of anilines is 1. The Balaban J connectivity index is 2.95. The minimum absolute atomic E-state index is 0.297. The SMILES string of the molecule is Cc1c(N)cc2ccccc2c1C(=O)O. The summed E-state index contributed by atoms with van der Waals surface area (Å²) in [5, 5.41) is 10.7. The van der Waals surface area contributed by atoms with Gasteiger partial charge in [-0.05, 0) is 29.3 Å². The first kappa shape index (κ1) is 9.52. The van der Waals surface area contributed by atoms with E-state index in [2.05, 4.69) is 0 Å². The van der Waals surface area contributed by atoms with Crippen LogP contribution in [-0.2, 0) is 0 Å². The number of carboxylic acid groups (broad SMARTS) is 1. The van der Waals surface area contributed by atoms with Gasteiger partial charge in [-0.3, -0.25) is 0 Å². The zero-order valence-electron chi connectivity index (χ0n) is 8.32. The van der Waals surface area contributed by atoms with Gasteiger partial charge in [0.2, 0.25) is 0 Å². The van der Waals surface area contributed by atoms with Crippen LogP contribution < -0.4 is 5.73 Å². The van der Waals surface area contributed by atoms with Gasteiger partial charge >= 0.3 is 5.97 Å². The number of nitrogens with two attached hydrogens (primary N) is 1. The highest BCUT2D eigenvalue weighted by Gasteiger charge is 2.13. The molecule has 0 spiro atoms. The highest BCUT2D eigenvalue weighted by Crippen LogP contribution is 2.26. The van der Waals surface area contributed by atoms with E-state index in [1.807, 2.05) is 18.2 Å². The van der Waals surface area contributed by atoms with Crippen LogP contribution in [0.15, 0.2) is 30.3 Å². The van der Waals surface area contributed by atoms with Crippen molar-refractivity contribution in [2.75, 3.05) is 5.73 Å². The van der Waals surface area contributed by atoms with E-state index in [-0.39, 0.29) is 0 Å². The summed E-state index contributed by atoms with van der Waals surface area (Å²) in [5.41, 5.74) is 7.20. The molecule has 0 saturated carbocycles. The molecule has 0 amide bonds. The van der Waals surface area contributed by atoms with Gasteiger partial charge in [-0.2, -0.15) is 0 Å². The zero-order valence-corrected chi connectivity index (χ0v) is 8.32. The lowest BCUT2D eigenvalue weighted by Gasteiger charge is -2.08. The lowest BCUT2D eigenvalue weighted by atomic mass is 9.98. The number of nitrogen functional groups attached to an aromatic ring is 1. The van der Waals surface area contributed by atoms with E-state index in [1.54, 1.807) is 19.1 Å². The van der Waals surface area contributed by atoms with Crippen LogP contribution in [0, 0.1) is 6.92 Å². The smallest absolute Gasteiger partial charge is 0.336 e. The summed E-state index contributed by atoms with van der Waals surface area (Å²) in [6.45, 7) is 1.73. The third-order valence-electron chi connectivity index (χ3n) is 2.56. The predicted octanol–water partition coefficient (Wildman–Crippen LogP) is 2.43. The van der Waals surface area contributed by atoms with E-state index in [0.717, 1.165) is 10.8 Å². The molecular formula is C12H11NO2. The monoisotopic (exact) mass is 201 g/mol. The van der Waals surface area contributed by atoms with Gasteiger partial charge in [0.15, 0.2) is 0 Å². The van der Waals surface area contributed by atoms with E-state index in [1.165, 1.54) is 0 Å². The third kappa shape index (κ3) is 1.42. The van der Waals surface area contributed by atoms with Crippen molar-refractivity contribution < 1.29 is 9.90 Å². The van der Waals surface area contributed by atoms with E-state index >= 15 is 0 Å². The molecule has 0 fully saturated rings. The molecule has 3 N–H and O–H groups in total. The normalized spacial score (nSPS) is 10.5. The fraction of sp³-hybridized carbons (Fsp3) is 0.0833. The Kier molecular flexibility index (Phi) is 2.08. The van der Waals surface area contributed by atoms with Crippen LogP contribution in [0.5, 0.6) is 0 Å². The topological polar surface area (TPSA) is 63.3 Å². The molecular weight excluding hydrogens is 190 g/mol. The van der Waals surface area contributed by atoms with E-state index in [4.69, 9.17) is 10.8 Å². The molecule has 15 heavy (non-hydrogen) atoms. The molecule has 0 aliphatic heterocycles. The number of hydrogen-bond acceptors (Lipinski definition) is 2. The van der Waals surface area contributed by atoms with Gasteiger partial charge in [-0.15, -0.1) is 0 Å². The van der Waals surface area contributed by atoms with Gasteiger partial charge in [-0.25, -0.2) is 4.79 Å². The van der Waals surface area contributed by atoms with Crippen molar-refractivity contribution in [1.29, 1.82) is 0 Å². The van der Waals surface area contributed by atoms with Gasteiger partial charge < -0.3 is 10.8 Å². The summed E-state index contributed by atoms with van der Waals surface area (Å²) >= 11 is 0. The number of carbonyl (C=O) groups is 1. The second kappa shape index (κ2) is 3.28. The minimum atomic E-state index is -0.934. The summed E-state index contributed by atoms with van der Waals surface area (Å²) < 4.78 is 0. The molecule has 76 valence electrons. The van der Waals surface area contributed by atoms with Gasteiger partial charge in [0, 0.05) is 5.69 Å².